The first-order chi connectivity index (χ1) is 8.33. The van der Waals surface area contributed by atoms with Crippen molar-refractivity contribution in [1.29, 1.82) is 0 Å². The van der Waals surface area contributed by atoms with E-state index in [-0.39, 0.29) is 6.10 Å². The highest BCUT2D eigenvalue weighted by molar-refractivity contribution is 14.1. The molecular weight excluding hydrogens is 331 g/mol. The number of hydrogen-bond acceptors (Lipinski definition) is 3. The molecule has 0 radical (unpaired) electrons. The van der Waals surface area contributed by atoms with E-state index in [1.165, 1.54) is 0 Å². The molecule has 1 aromatic rings. The van der Waals surface area contributed by atoms with E-state index in [2.05, 4.69) is 28.7 Å². The Morgan fingerprint density at radius 2 is 1.94 bits per heavy atom. The molecule has 0 aliphatic heterocycles. The van der Waals surface area contributed by atoms with E-state index in [4.69, 9.17) is 14.2 Å². The molecule has 0 saturated carbocycles. The minimum atomic E-state index is 0.0867. The molecule has 0 aliphatic carbocycles. The van der Waals surface area contributed by atoms with Crippen LogP contribution >= 0.6 is 22.6 Å². The summed E-state index contributed by atoms with van der Waals surface area (Å²) in [6, 6.07) is 8.00. The Hall–Kier alpha value is -0.330. The van der Waals surface area contributed by atoms with E-state index < -0.39 is 0 Å². The second-order valence-electron chi connectivity index (χ2n) is 3.60. The van der Waals surface area contributed by atoms with Crippen molar-refractivity contribution in [3.05, 3.63) is 29.8 Å². The van der Waals surface area contributed by atoms with Gasteiger partial charge in [-0.2, -0.15) is 0 Å². The van der Waals surface area contributed by atoms with Crippen LogP contribution in [-0.2, 0) is 9.47 Å². The van der Waals surface area contributed by atoms with Gasteiger partial charge in [0.05, 0.1) is 13.2 Å². The average Bonchev–Trinajstić information content (AvgIpc) is 2.39. The van der Waals surface area contributed by atoms with Gasteiger partial charge in [-0.05, 0) is 12.5 Å². The Labute approximate surface area is 117 Å². The van der Waals surface area contributed by atoms with Crippen LogP contribution in [0, 0.1) is 0 Å². The molecule has 3 nitrogen and oxygen atoms in total. The molecule has 96 valence electrons. The second-order valence-corrected chi connectivity index (χ2v) is 4.48. The molecule has 0 N–H and O–H groups in total. The molecular formula is C13H19IO3. The van der Waals surface area contributed by atoms with Crippen LogP contribution in [0.1, 0.15) is 18.1 Å². The van der Waals surface area contributed by atoms with Crippen molar-refractivity contribution in [3.63, 3.8) is 0 Å². The number of alkyl halides is 1. The van der Waals surface area contributed by atoms with Crippen molar-refractivity contribution < 1.29 is 14.2 Å². The van der Waals surface area contributed by atoms with Crippen molar-refractivity contribution in [3.8, 4) is 5.75 Å². The molecule has 0 fully saturated rings. The molecule has 0 amide bonds. The molecule has 1 rings (SSSR count). The molecule has 1 aromatic carbocycles. The van der Waals surface area contributed by atoms with Crippen molar-refractivity contribution in [2.75, 3.05) is 31.9 Å². The van der Waals surface area contributed by atoms with Crippen molar-refractivity contribution >= 4 is 22.6 Å². The van der Waals surface area contributed by atoms with Gasteiger partial charge in [-0.1, -0.05) is 40.8 Å². The third-order valence-corrected chi connectivity index (χ3v) is 3.24. The largest absolute Gasteiger partial charge is 0.496 e. The molecule has 0 bridgehead atoms. The van der Waals surface area contributed by atoms with Crippen LogP contribution in [0.5, 0.6) is 5.75 Å². The van der Waals surface area contributed by atoms with Crippen LogP contribution in [0.15, 0.2) is 24.3 Å². The fourth-order valence-electron chi connectivity index (χ4n) is 1.58. The molecule has 0 aromatic heterocycles. The van der Waals surface area contributed by atoms with E-state index in [0.29, 0.717) is 6.61 Å². The van der Waals surface area contributed by atoms with E-state index in [9.17, 15) is 0 Å². The highest BCUT2D eigenvalue weighted by Gasteiger charge is 2.14. The summed E-state index contributed by atoms with van der Waals surface area (Å²) in [5, 5.41) is 0. The van der Waals surface area contributed by atoms with Gasteiger partial charge in [-0.3, -0.25) is 0 Å². The van der Waals surface area contributed by atoms with Gasteiger partial charge in [0.2, 0.25) is 0 Å². The summed E-state index contributed by atoms with van der Waals surface area (Å²) in [6.07, 6.45) is 1.00. The van der Waals surface area contributed by atoms with Gasteiger partial charge in [-0.15, -0.1) is 0 Å². The summed E-state index contributed by atoms with van der Waals surface area (Å²) < 4.78 is 17.1. The van der Waals surface area contributed by atoms with Crippen LogP contribution in [-0.4, -0.2) is 31.9 Å². The molecule has 1 unspecified atom stereocenters. The van der Waals surface area contributed by atoms with Gasteiger partial charge in [0.1, 0.15) is 5.75 Å². The Kier molecular flexibility index (Phi) is 7.55. The standard InChI is InChI=1S/C13H19IO3/c1-15-8-5-9-17-13(10-14)11-6-3-4-7-12(11)16-2/h3-4,6-7,13H,5,8-10H2,1-2H3. The van der Waals surface area contributed by atoms with Crippen LogP contribution in [0.2, 0.25) is 0 Å². The zero-order valence-electron chi connectivity index (χ0n) is 10.3. The zero-order chi connectivity index (χ0) is 12.5. The summed E-state index contributed by atoms with van der Waals surface area (Å²) >= 11 is 2.34. The third-order valence-electron chi connectivity index (χ3n) is 2.44. The lowest BCUT2D eigenvalue weighted by atomic mass is 10.1. The predicted octanol–water partition coefficient (Wildman–Crippen LogP) is 3.22. The topological polar surface area (TPSA) is 27.7 Å². The minimum Gasteiger partial charge on any atom is -0.496 e. The fraction of sp³-hybridized carbons (Fsp3) is 0.538. The van der Waals surface area contributed by atoms with E-state index >= 15 is 0 Å². The molecule has 17 heavy (non-hydrogen) atoms. The summed E-state index contributed by atoms with van der Waals surface area (Å²) in [4.78, 5) is 0. The normalized spacial score (nSPS) is 12.4. The Morgan fingerprint density at radius 1 is 1.18 bits per heavy atom. The maximum atomic E-state index is 5.85. The quantitative estimate of drug-likeness (QED) is 0.409. The number of methoxy groups -OCH3 is 2. The maximum Gasteiger partial charge on any atom is 0.124 e. The molecule has 0 heterocycles. The highest BCUT2D eigenvalue weighted by atomic mass is 127. The average molecular weight is 350 g/mol. The lowest BCUT2D eigenvalue weighted by Gasteiger charge is -2.18. The maximum absolute atomic E-state index is 5.85. The van der Waals surface area contributed by atoms with Crippen LogP contribution < -0.4 is 4.74 Å². The van der Waals surface area contributed by atoms with Crippen LogP contribution in [0.4, 0.5) is 0 Å². The molecule has 1 atom stereocenters. The first-order valence-corrected chi connectivity index (χ1v) is 7.15. The zero-order valence-corrected chi connectivity index (χ0v) is 12.5. The number of benzene rings is 1. The van der Waals surface area contributed by atoms with Gasteiger partial charge in [0.15, 0.2) is 0 Å². The number of hydrogen-bond donors (Lipinski definition) is 0. The second kappa shape index (κ2) is 8.72. The monoisotopic (exact) mass is 350 g/mol. The van der Waals surface area contributed by atoms with Crippen molar-refractivity contribution in [2.45, 2.75) is 12.5 Å². The summed E-state index contributed by atoms with van der Waals surface area (Å²) in [5.74, 6) is 0.890. The van der Waals surface area contributed by atoms with Gasteiger partial charge >= 0.3 is 0 Å². The predicted molar refractivity (Wildman–Crippen MR) is 77.1 cm³/mol. The summed E-state index contributed by atoms with van der Waals surface area (Å²) in [6.45, 7) is 1.44. The lowest BCUT2D eigenvalue weighted by molar-refractivity contribution is 0.0528. The highest BCUT2D eigenvalue weighted by Crippen LogP contribution is 2.28. The van der Waals surface area contributed by atoms with Gasteiger partial charge in [0.25, 0.3) is 0 Å². The summed E-state index contributed by atoms with van der Waals surface area (Å²) in [5.41, 5.74) is 1.11. The van der Waals surface area contributed by atoms with Crippen molar-refractivity contribution in [1.82, 2.24) is 0 Å². The first-order valence-electron chi connectivity index (χ1n) is 5.63. The van der Waals surface area contributed by atoms with Gasteiger partial charge in [0, 0.05) is 30.3 Å². The van der Waals surface area contributed by atoms with E-state index in [1.54, 1.807) is 14.2 Å². The van der Waals surface area contributed by atoms with Gasteiger partial charge in [-0.25, -0.2) is 0 Å². The molecule has 4 heteroatoms. The molecule has 0 saturated heterocycles. The van der Waals surface area contributed by atoms with Crippen molar-refractivity contribution in [2.24, 2.45) is 0 Å². The molecule has 0 spiro atoms. The Morgan fingerprint density at radius 3 is 2.59 bits per heavy atom. The smallest absolute Gasteiger partial charge is 0.124 e. The fourth-order valence-corrected chi connectivity index (χ4v) is 2.31. The number of para-hydroxylation sites is 1. The Bertz CT molecular complexity index is 317. The number of rotatable bonds is 8. The SMILES string of the molecule is COCCCOC(CI)c1ccccc1OC. The third kappa shape index (κ3) is 4.81. The van der Waals surface area contributed by atoms with Crippen LogP contribution in [0.25, 0.3) is 0 Å². The lowest BCUT2D eigenvalue weighted by Crippen LogP contribution is -2.09. The molecule has 0 aliphatic rings. The number of halogens is 1. The van der Waals surface area contributed by atoms with E-state index in [0.717, 1.165) is 28.8 Å². The first kappa shape index (κ1) is 14.7. The Balaban J connectivity index is 2.59. The summed E-state index contributed by atoms with van der Waals surface area (Å²) in [7, 11) is 3.39. The van der Waals surface area contributed by atoms with Gasteiger partial charge < -0.3 is 14.2 Å². The minimum absolute atomic E-state index is 0.0867. The van der Waals surface area contributed by atoms with Crippen LogP contribution in [0.3, 0.4) is 0 Å². The van der Waals surface area contributed by atoms with E-state index in [1.807, 2.05) is 18.2 Å². The number of ether oxygens (including phenoxy) is 3.